The molecule has 0 saturated heterocycles. The van der Waals surface area contributed by atoms with Crippen LogP contribution >= 0.6 is 0 Å². The highest BCUT2D eigenvalue weighted by molar-refractivity contribution is 6.14. The minimum atomic E-state index is 0.184. The molecule has 1 aliphatic heterocycles. The molecule has 2 aliphatic rings. The largest absolute Gasteiger partial charge is 0.333 e. The van der Waals surface area contributed by atoms with Gasteiger partial charge in [0.05, 0.1) is 22.8 Å². The van der Waals surface area contributed by atoms with Crippen molar-refractivity contribution in [2.45, 2.75) is 12.0 Å². The van der Waals surface area contributed by atoms with E-state index in [1.54, 1.807) is 0 Å². The van der Waals surface area contributed by atoms with E-state index < -0.39 is 0 Å². The summed E-state index contributed by atoms with van der Waals surface area (Å²) in [7, 11) is 0. The number of rotatable bonds is 4. The molecule has 10 aromatic rings. The van der Waals surface area contributed by atoms with Crippen LogP contribution in [-0.4, -0.2) is 10.6 Å². The average molecular weight is 713 g/mol. The first-order valence-corrected chi connectivity index (χ1v) is 19.6. The SMILES string of the molecule is C1=CC2C(C=C1c1ccc3c(c1)c1ccccc1n3-c1ccc(-c3cccc4ccccc34)cc1)c1ccccc1N2c1cc2ccccc2c2ccccc12. The second-order valence-corrected chi connectivity index (χ2v) is 15.2. The Morgan fingerprint density at radius 2 is 1.07 bits per heavy atom. The predicted molar refractivity (Wildman–Crippen MR) is 237 cm³/mol. The predicted octanol–water partition coefficient (Wildman–Crippen LogP) is 14.2. The van der Waals surface area contributed by atoms with Crippen LogP contribution in [0.3, 0.4) is 0 Å². The molecule has 2 heterocycles. The lowest BCUT2D eigenvalue weighted by atomic mass is 9.86. The van der Waals surface area contributed by atoms with Crippen LogP contribution in [0, 0.1) is 0 Å². The first-order chi connectivity index (χ1) is 27.8. The highest BCUT2D eigenvalue weighted by atomic mass is 15.2. The van der Waals surface area contributed by atoms with Crippen LogP contribution in [0.25, 0.3) is 76.5 Å². The molecule has 56 heavy (non-hydrogen) atoms. The lowest BCUT2D eigenvalue weighted by molar-refractivity contribution is 0.749. The van der Waals surface area contributed by atoms with Gasteiger partial charge in [0.2, 0.25) is 0 Å². The van der Waals surface area contributed by atoms with Crippen molar-refractivity contribution in [1.82, 2.24) is 4.57 Å². The average Bonchev–Trinajstić information content (AvgIpc) is 3.78. The number of anilines is 2. The van der Waals surface area contributed by atoms with Crippen molar-refractivity contribution >= 4 is 71.1 Å². The van der Waals surface area contributed by atoms with E-state index in [0.29, 0.717) is 0 Å². The normalized spacial score (nSPS) is 16.2. The Morgan fingerprint density at radius 1 is 0.411 bits per heavy atom. The number of fused-ring (bicyclic) bond motifs is 10. The molecule has 0 N–H and O–H groups in total. The summed E-state index contributed by atoms with van der Waals surface area (Å²) in [5, 5.41) is 10.2. The molecular formula is C54H36N2. The van der Waals surface area contributed by atoms with Crippen LogP contribution in [0.4, 0.5) is 11.4 Å². The minimum Gasteiger partial charge on any atom is -0.333 e. The van der Waals surface area contributed by atoms with Crippen LogP contribution in [0.15, 0.2) is 206 Å². The van der Waals surface area contributed by atoms with Gasteiger partial charge in [-0.05, 0) is 97.2 Å². The van der Waals surface area contributed by atoms with Crippen LogP contribution in [0.2, 0.25) is 0 Å². The number of hydrogen-bond donors (Lipinski definition) is 0. The molecule has 2 unspecified atom stereocenters. The second-order valence-electron chi connectivity index (χ2n) is 15.2. The van der Waals surface area contributed by atoms with E-state index in [-0.39, 0.29) is 12.0 Å². The van der Waals surface area contributed by atoms with Crippen molar-refractivity contribution in [2.24, 2.45) is 0 Å². The molecule has 0 spiro atoms. The highest BCUT2D eigenvalue weighted by Gasteiger charge is 2.39. The monoisotopic (exact) mass is 712 g/mol. The fraction of sp³-hybridized carbons (Fsp3) is 0.0370. The third-order valence-electron chi connectivity index (χ3n) is 12.3. The van der Waals surface area contributed by atoms with Gasteiger partial charge in [-0.2, -0.15) is 0 Å². The summed E-state index contributed by atoms with van der Waals surface area (Å²) >= 11 is 0. The summed E-state index contributed by atoms with van der Waals surface area (Å²) in [5.41, 5.74) is 12.5. The first kappa shape index (κ1) is 31.2. The third-order valence-corrected chi connectivity index (χ3v) is 12.3. The van der Waals surface area contributed by atoms with Gasteiger partial charge in [-0.15, -0.1) is 0 Å². The van der Waals surface area contributed by atoms with Gasteiger partial charge >= 0.3 is 0 Å². The molecular weight excluding hydrogens is 677 g/mol. The van der Waals surface area contributed by atoms with Crippen LogP contribution < -0.4 is 4.90 Å². The number of aromatic nitrogens is 1. The summed E-state index contributed by atoms with van der Waals surface area (Å²) in [6.07, 6.45) is 7.31. The summed E-state index contributed by atoms with van der Waals surface area (Å²) in [4.78, 5) is 2.58. The van der Waals surface area contributed by atoms with Crippen molar-refractivity contribution in [1.29, 1.82) is 0 Å². The quantitative estimate of drug-likeness (QED) is 0.165. The van der Waals surface area contributed by atoms with Gasteiger partial charge in [0, 0.05) is 33.5 Å². The molecule has 2 atom stereocenters. The molecule has 0 bridgehead atoms. The molecule has 0 saturated carbocycles. The Kier molecular flexibility index (Phi) is 6.79. The Balaban J connectivity index is 0.946. The zero-order valence-electron chi connectivity index (χ0n) is 30.7. The molecule has 0 radical (unpaired) electrons. The summed E-state index contributed by atoms with van der Waals surface area (Å²) in [6, 6.07) is 69.4. The molecule has 1 aromatic heterocycles. The number of benzene rings is 9. The third kappa shape index (κ3) is 4.63. The smallest absolute Gasteiger partial charge is 0.0630 e. The number of para-hydroxylation sites is 2. The zero-order valence-corrected chi connectivity index (χ0v) is 30.7. The summed E-state index contributed by atoms with van der Waals surface area (Å²) < 4.78 is 2.42. The lowest BCUT2D eigenvalue weighted by Crippen LogP contribution is -2.29. The van der Waals surface area contributed by atoms with Gasteiger partial charge in [-0.1, -0.05) is 164 Å². The van der Waals surface area contributed by atoms with Crippen molar-refractivity contribution in [3.63, 3.8) is 0 Å². The molecule has 9 aromatic carbocycles. The van der Waals surface area contributed by atoms with E-state index in [2.05, 4.69) is 216 Å². The van der Waals surface area contributed by atoms with E-state index in [9.17, 15) is 0 Å². The molecule has 12 rings (SSSR count). The number of hydrogen-bond acceptors (Lipinski definition) is 1. The minimum absolute atomic E-state index is 0.184. The van der Waals surface area contributed by atoms with Crippen LogP contribution in [0.5, 0.6) is 0 Å². The van der Waals surface area contributed by atoms with E-state index in [4.69, 9.17) is 0 Å². The molecule has 0 fully saturated rings. The van der Waals surface area contributed by atoms with Gasteiger partial charge in [-0.25, -0.2) is 0 Å². The Hall–Kier alpha value is -7.16. The zero-order chi connectivity index (χ0) is 36.7. The molecule has 2 heteroatoms. The van der Waals surface area contributed by atoms with Gasteiger partial charge in [0.1, 0.15) is 0 Å². The van der Waals surface area contributed by atoms with E-state index in [1.807, 2.05) is 0 Å². The van der Waals surface area contributed by atoms with Gasteiger partial charge in [0.15, 0.2) is 0 Å². The maximum Gasteiger partial charge on any atom is 0.0630 e. The van der Waals surface area contributed by atoms with Crippen molar-refractivity contribution in [2.75, 3.05) is 4.90 Å². The Labute approximate surface area is 325 Å². The Bertz CT molecular complexity index is 3260. The number of allylic oxidation sites excluding steroid dienone is 2. The first-order valence-electron chi connectivity index (χ1n) is 19.6. The summed E-state index contributed by atoms with van der Waals surface area (Å²) in [5.74, 6) is 0.230. The van der Waals surface area contributed by atoms with Crippen LogP contribution in [-0.2, 0) is 0 Å². The standard InChI is InChI=1S/C54H36N2/c1-3-15-41-35(12-1)14-11-21-42(41)36-24-28-40(29-25-36)55-50-22-9-7-19-46(50)48-32-37(26-30-52(48)55)38-27-31-53-49(33-38)47-20-8-10-23-51(47)56(53)54-34-39-13-2-4-16-43(39)44-17-5-6-18-45(44)54/h1-34,49,53H. The maximum absolute atomic E-state index is 2.58. The molecule has 2 nitrogen and oxygen atoms in total. The topological polar surface area (TPSA) is 8.17 Å². The molecule has 262 valence electrons. The van der Waals surface area contributed by atoms with Crippen molar-refractivity contribution in [3.8, 4) is 16.8 Å². The second kappa shape index (κ2) is 12.2. The van der Waals surface area contributed by atoms with Crippen molar-refractivity contribution in [3.05, 3.63) is 217 Å². The van der Waals surface area contributed by atoms with Gasteiger partial charge < -0.3 is 9.47 Å². The van der Waals surface area contributed by atoms with E-state index in [1.165, 1.54) is 93.3 Å². The van der Waals surface area contributed by atoms with E-state index >= 15 is 0 Å². The van der Waals surface area contributed by atoms with Gasteiger partial charge in [0.25, 0.3) is 0 Å². The fourth-order valence-electron chi connectivity index (χ4n) is 9.75. The van der Waals surface area contributed by atoms with E-state index in [0.717, 1.165) is 5.69 Å². The fourth-order valence-corrected chi connectivity index (χ4v) is 9.75. The summed E-state index contributed by atoms with van der Waals surface area (Å²) in [6.45, 7) is 0. The van der Waals surface area contributed by atoms with Crippen molar-refractivity contribution < 1.29 is 0 Å². The number of nitrogens with zero attached hydrogens (tertiary/aromatic N) is 2. The molecule has 0 amide bonds. The molecule has 1 aliphatic carbocycles. The Morgan fingerprint density at radius 3 is 1.95 bits per heavy atom. The highest BCUT2D eigenvalue weighted by Crippen LogP contribution is 2.51. The van der Waals surface area contributed by atoms with Gasteiger partial charge in [-0.3, -0.25) is 0 Å². The lowest BCUT2D eigenvalue weighted by Gasteiger charge is -2.31. The maximum atomic E-state index is 2.58. The van der Waals surface area contributed by atoms with Crippen LogP contribution in [0.1, 0.15) is 17.0 Å².